The van der Waals surface area contributed by atoms with E-state index in [0.29, 0.717) is 10.2 Å². The van der Waals surface area contributed by atoms with Gasteiger partial charge in [-0.25, -0.2) is 4.98 Å². The number of nitrogens with zero attached hydrogens (tertiary/aromatic N) is 1. The van der Waals surface area contributed by atoms with Gasteiger partial charge in [0.05, 0.1) is 10.6 Å². The summed E-state index contributed by atoms with van der Waals surface area (Å²) in [6, 6.07) is 11.8. The van der Waals surface area contributed by atoms with Crippen molar-refractivity contribution in [3.8, 4) is 21.0 Å². The van der Waals surface area contributed by atoms with Crippen LogP contribution in [0.4, 0.5) is 5.13 Å². The molecule has 0 radical (unpaired) electrons. The van der Waals surface area contributed by atoms with E-state index in [9.17, 15) is 0 Å². The van der Waals surface area contributed by atoms with Gasteiger partial charge in [0.25, 0.3) is 0 Å². The number of benzene rings is 1. The fourth-order valence-corrected chi connectivity index (χ4v) is 3.64. The fraction of sp³-hybridized carbons (Fsp3) is 0. The second-order valence-corrected chi connectivity index (χ2v) is 6.13. The number of hydrogen-bond acceptors (Lipinski definition) is 4. The van der Waals surface area contributed by atoms with Crippen molar-refractivity contribution in [2.24, 2.45) is 0 Å². The van der Waals surface area contributed by atoms with Gasteiger partial charge in [0, 0.05) is 15.5 Å². The summed E-state index contributed by atoms with van der Waals surface area (Å²) < 4.78 is 0. The normalized spacial score (nSPS) is 10.7. The Balaban J connectivity index is 2.18. The SMILES string of the molecule is Nc1nc(-c2cccc(Cl)c2)c(-c2cccs2)s1. The lowest BCUT2D eigenvalue weighted by molar-refractivity contribution is 1.41. The van der Waals surface area contributed by atoms with Gasteiger partial charge in [-0.3, -0.25) is 0 Å². The first-order valence-corrected chi connectivity index (χ1v) is 7.37. The van der Waals surface area contributed by atoms with Crippen LogP contribution in [0.3, 0.4) is 0 Å². The molecule has 0 amide bonds. The molecule has 2 N–H and O–H groups in total. The first kappa shape index (κ1) is 11.7. The lowest BCUT2D eigenvalue weighted by atomic mass is 10.1. The topological polar surface area (TPSA) is 38.9 Å². The Morgan fingerprint density at radius 1 is 1.17 bits per heavy atom. The van der Waals surface area contributed by atoms with Gasteiger partial charge in [0.1, 0.15) is 0 Å². The van der Waals surface area contributed by atoms with Crippen LogP contribution >= 0.6 is 34.3 Å². The van der Waals surface area contributed by atoms with Crippen molar-refractivity contribution in [1.82, 2.24) is 4.98 Å². The first-order valence-electron chi connectivity index (χ1n) is 5.30. The second kappa shape index (κ2) is 4.72. The van der Waals surface area contributed by atoms with E-state index in [1.807, 2.05) is 35.7 Å². The van der Waals surface area contributed by atoms with Gasteiger partial charge in [-0.2, -0.15) is 0 Å². The Morgan fingerprint density at radius 2 is 2.06 bits per heavy atom. The number of halogens is 1. The number of rotatable bonds is 2. The number of nitrogen functional groups attached to an aromatic ring is 1. The van der Waals surface area contributed by atoms with Crippen LogP contribution in [-0.4, -0.2) is 4.98 Å². The van der Waals surface area contributed by atoms with Gasteiger partial charge in [-0.15, -0.1) is 11.3 Å². The zero-order valence-corrected chi connectivity index (χ0v) is 11.6. The minimum absolute atomic E-state index is 0.577. The van der Waals surface area contributed by atoms with Gasteiger partial charge in [0.15, 0.2) is 5.13 Å². The summed E-state index contributed by atoms with van der Waals surface area (Å²) in [4.78, 5) is 6.70. The van der Waals surface area contributed by atoms with E-state index in [1.54, 1.807) is 11.3 Å². The van der Waals surface area contributed by atoms with Crippen LogP contribution in [0.1, 0.15) is 0 Å². The van der Waals surface area contributed by atoms with Crippen LogP contribution < -0.4 is 5.73 Å². The van der Waals surface area contributed by atoms with E-state index in [1.165, 1.54) is 16.2 Å². The molecule has 0 unspecified atom stereocenters. The van der Waals surface area contributed by atoms with Crippen molar-refractivity contribution in [2.45, 2.75) is 0 Å². The number of thiophene rings is 1. The summed E-state index contributed by atoms with van der Waals surface area (Å²) in [7, 11) is 0. The number of aromatic nitrogens is 1. The standard InChI is InChI=1S/C13H9ClN2S2/c14-9-4-1-3-8(7-9)11-12(18-13(15)16-11)10-5-2-6-17-10/h1-7H,(H2,15,16). The highest BCUT2D eigenvalue weighted by Crippen LogP contribution is 2.40. The van der Waals surface area contributed by atoms with Gasteiger partial charge in [-0.05, 0) is 23.6 Å². The van der Waals surface area contributed by atoms with Crippen LogP contribution in [0.15, 0.2) is 41.8 Å². The molecule has 0 spiro atoms. The third-order valence-corrected chi connectivity index (χ3v) is 4.66. The summed E-state index contributed by atoms with van der Waals surface area (Å²) in [5.41, 5.74) is 7.74. The monoisotopic (exact) mass is 292 g/mol. The average molecular weight is 293 g/mol. The number of hydrogen-bond donors (Lipinski definition) is 1. The lowest BCUT2D eigenvalue weighted by Gasteiger charge is -2.00. The average Bonchev–Trinajstić information content (AvgIpc) is 2.97. The highest BCUT2D eigenvalue weighted by atomic mass is 35.5. The Labute approximate surface area is 118 Å². The maximum Gasteiger partial charge on any atom is 0.181 e. The van der Waals surface area contributed by atoms with Crippen molar-refractivity contribution < 1.29 is 0 Å². The molecule has 0 atom stereocenters. The maximum atomic E-state index is 6.03. The summed E-state index contributed by atoms with van der Waals surface area (Å²) in [5, 5.41) is 3.33. The maximum absolute atomic E-state index is 6.03. The Bertz CT molecular complexity index is 674. The summed E-state index contributed by atoms with van der Waals surface area (Å²) in [5.74, 6) is 0. The molecule has 0 bridgehead atoms. The molecule has 0 saturated heterocycles. The van der Waals surface area contributed by atoms with E-state index in [0.717, 1.165) is 16.1 Å². The predicted molar refractivity (Wildman–Crippen MR) is 80.3 cm³/mol. The van der Waals surface area contributed by atoms with Crippen molar-refractivity contribution >= 4 is 39.4 Å². The Morgan fingerprint density at radius 3 is 2.78 bits per heavy atom. The largest absolute Gasteiger partial charge is 0.375 e. The van der Waals surface area contributed by atoms with E-state index < -0.39 is 0 Å². The molecule has 2 nitrogen and oxygen atoms in total. The van der Waals surface area contributed by atoms with Crippen molar-refractivity contribution in [2.75, 3.05) is 5.73 Å². The molecule has 3 rings (SSSR count). The van der Waals surface area contributed by atoms with Crippen LogP contribution in [0.25, 0.3) is 21.0 Å². The van der Waals surface area contributed by atoms with E-state index >= 15 is 0 Å². The molecule has 18 heavy (non-hydrogen) atoms. The highest BCUT2D eigenvalue weighted by Gasteiger charge is 2.14. The molecule has 2 heterocycles. The van der Waals surface area contributed by atoms with Gasteiger partial charge in [-0.1, -0.05) is 41.1 Å². The van der Waals surface area contributed by atoms with E-state index in [2.05, 4.69) is 11.1 Å². The number of thiazole rings is 1. The molecular weight excluding hydrogens is 284 g/mol. The third kappa shape index (κ3) is 2.14. The van der Waals surface area contributed by atoms with Crippen LogP contribution in [0.2, 0.25) is 5.02 Å². The molecule has 5 heteroatoms. The molecule has 2 aromatic heterocycles. The number of anilines is 1. The molecule has 0 aliphatic rings. The van der Waals surface area contributed by atoms with Crippen molar-refractivity contribution in [3.63, 3.8) is 0 Å². The predicted octanol–water partition coefficient (Wildman–Crippen LogP) is 4.77. The Kier molecular flexibility index (Phi) is 3.07. The first-order chi connectivity index (χ1) is 8.74. The van der Waals surface area contributed by atoms with Crippen LogP contribution in [0.5, 0.6) is 0 Å². The molecule has 0 fully saturated rings. The van der Waals surface area contributed by atoms with E-state index in [4.69, 9.17) is 17.3 Å². The second-order valence-electron chi connectivity index (χ2n) is 3.72. The molecule has 1 aromatic carbocycles. The van der Waals surface area contributed by atoms with Crippen LogP contribution in [0, 0.1) is 0 Å². The van der Waals surface area contributed by atoms with Crippen molar-refractivity contribution in [1.29, 1.82) is 0 Å². The van der Waals surface area contributed by atoms with Gasteiger partial charge < -0.3 is 5.73 Å². The van der Waals surface area contributed by atoms with Gasteiger partial charge in [0.2, 0.25) is 0 Å². The molecule has 3 aromatic rings. The Hall–Kier alpha value is -1.36. The molecule has 0 aliphatic heterocycles. The third-order valence-electron chi connectivity index (χ3n) is 2.49. The summed E-state index contributed by atoms with van der Waals surface area (Å²) in [6.07, 6.45) is 0. The minimum atomic E-state index is 0.577. The van der Waals surface area contributed by atoms with E-state index in [-0.39, 0.29) is 0 Å². The molecule has 0 saturated carbocycles. The quantitative estimate of drug-likeness (QED) is 0.738. The zero-order chi connectivity index (χ0) is 12.5. The fourth-order valence-electron chi connectivity index (χ4n) is 1.74. The number of nitrogens with two attached hydrogens (primary N) is 1. The smallest absolute Gasteiger partial charge is 0.181 e. The van der Waals surface area contributed by atoms with Crippen molar-refractivity contribution in [3.05, 3.63) is 46.8 Å². The minimum Gasteiger partial charge on any atom is -0.375 e. The summed E-state index contributed by atoms with van der Waals surface area (Å²) >= 11 is 9.22. The molecule has 0 aliphatic carbocycles. The molecule has 90 valence electrons. The van der Waals surface area contributed by atoms with Crippen LogP contribution in [-0.2, 0) is 0 Å². The highest BCUT2D eigenvalue weighted by molar-refractivity contribution is 7.23. The van der Waals surface area contributed by atoms with Gasteiger partial charge >= 0.3 is 0 Å². The summed E-state index contributed by atoms with van der Waals surface area (Å²) in [6.45, 7) is 0. The lowest BCUT2D eigenvalue weighted by Crippen LogP contribution is -1.83. The molecular formula is C13H9ClN2S2. The zero-order valence-electron chi connectivity index (χ0n) is 9.26.